The molecule has 1 unspecified atom stereocenters. The Bertz CT molecular complexity index is 470. The van der Waals surface area contributed by atoms with Crippen LogP contribution in [-0.2, 0) is 9.59 Å². The molecule has 116 valence electrons. The number of halogens is 2. The summed E-state index contributed by atoms with van der Waals surface area (Å²) in [6.07, 6.45) is 4.43. The molecule has 2 heterocycles. The summed E-state index contributed by atoms with van der Waals surface area (Å²) >= 11 is 0. The van der Waals surface area contributed by atoms with E-state index in [1.165, 1.54) is 15.9 Å². The van der Waals surface area contributed by atoms with Crippen molar-refractivity contribution < 1.29 is 18.4 Å². The maximum atomic E-state index is 14.0. The van der Waals surface area contributed by atoms with Gasteiger partial charge in [0.1, 0.15) is 0 Å². The molecule has 2 fully saturated rings. The molecule has 0 aliphatic carbocycles. The monoisotopic (exact) mass is 298 g/mol. The second-order valence-electron chi connectivity index (χ2n) is 5.57. The highest BCUT2D eigenvalue weighted by Gasteiger charge is 2.27. The fourth-order valence-corrected chi connectivity index (χ4v) is 2.85. The smallest absolute Gasteiger partial charge is 0.282 e. The molecule has 0 saturated carbocycles. The van der Waals surface area contributed by atoms with Crippen LogP contribution in [0.3, 0.4) is 0 Å². The highest BCUT2D eigenvalue weighted by atomic mass is 19.1. The van der Waals surface area contributed by atoms with E-state index in [1.54, 1.807) is 0 Å². The summed E-state index contributed by atoms with van der Waals surface area (Å²) in [7, 11) is 0. The maximum Gasteiger partial charge on any atom is 0.282 e. The predicted molar refractivity (Wildman–Crippen MR) is 74.6 cm³/mol. The zero-order valence-electron chi connectivity index (χ0n) is 12.0. The molecule has 0 aromatic carbocycles. The third-order valence-electron chi connectivity index (χ3n) is 3.96. The summed E-state index contributed by atoms with van der Waals surface area (Å²) in [6, 6.07) is 0. The molecule has 6 heteroatoms. The predicted octanol–water partition coefficient (Wildman–Crippen LogP) is 2.18. The van der Waals surface area contributed by atoms with Gasteiger partial charge in [0.25, 0.3) is 11.8 Å². The van der Waals surface area contributed by atoms with E-state index in [0.29, 0.717) is 32.5 Å². The van der Waals surface area contributed by atoms with Crippen LogP contribution in [0.25, 0.3) is 0 Å². The third kappa shape index (κ3) is 3.89. The van der Waals surface area contributed by atoms with Crippen molar-refractivity contribution in [2.45, 2.75) is 25.7 Å². The molecule has 2 aliphatic heterocycles. The lowest BCUT2D eigenvalue weighted by molar-refractivity contribution is -0.130. The Labute approximate surface area is 123 Å². The van der Waals surface area contributed by atoms with Gasteiger partial charge in [0.2, 0.25) is 0 Å². The molecule has 0 radical (unpaired) electrons. The Hall–Kier alpha value is -1.72. The fourth-order valence-electron chi connectivity index (χ4n) is 2.85. The van der Waals surface area contributed by atoms with Crippen LogP contribution < -0.4 is 0 Å². The summed E-state index contributed by atoms with van der Waals surface area (Å²) in [5, 5.41) is 0. The van der Waals surface area contributed by atoms with Crippen LogP contribution in [0.4, 0.5) is 8.78 Å². The molecule has 0 aromatic heterocycles. The van der Waals surface area contributed by atoms with Crippen LogP contribution in [-0.4, -0.2) is 47.8 Å². The Balaban J connectivity index is 1.97. The van der Waals surface area contributed by atoms with Crippen molar-refractivity contribution in [3.8, 4) is 0 Å². The molecule has 1 atom stereocenters. The summed E-state index contributed by atoms with van der Waals surface area (Å²) in [5.41, 5.74) is 0. The van der Waals surface area contributed by atoms with Crippen LogP contribution in [0.15, 0.2) is 24.3 Å². The van der Waals surface area contributed by atoms with Gasteiger partial charge in [-0.05, 0) is 37.7 Å². The number of carbonyl (C=O) groups is 2. The van der Waals surface area contributed by atoms with Crippen molar-refractivity contribution in [2.75, 3.05) is 26.2 Å². The first kappa shape index (κ1) is 15.7. The van der Waals surface area contributed by atoms with Crippen LogP contribution in [0.2, 0.25) is 0 Å². The maximum absolute atomic E-state index is 14.0. The van der Waals surface area contributed by atoms with E-state index in [2.05, 4.69) is 6.58 Å². The summed E-state index contributed by atoms with van der Waals surface area (Å²) in [5.74, 6) is -3.36. The third-order valence-corrected chi connectivity index (χ3v) is 3.96. The normalized spacial score (nSPS) is 23.3. The molecule has 0 aromatic rings. The number of piperidine rings is 1. The van der Waals surface area contributed by atoms with E-state index in [4.69, 9.17) is 0 Å². The summed E-state index contributed by atoms with van der Waals surface area (Å²) in [6.45, 7) is 4.84. The number of amides is 2. The van der Waals surface area contributed by atoms with E-state index < -0.39 is 23.5 Å². The number of hydrogen-bond donors (Lipinski definition) is 0. The lowest BCUT2D eigenvalue weighted by atomic mass is 9.97. The van der Waals surface area contributed by atoms with Crippen molar-refractivity contribution in [2.24, 2.45) is 5.92 Å². The van der Waals surface area contributed by atoms with Crippen molar-refractivity contribution >= 4 is 11.8 Å². The number of rotatable bonds is 3. The molecule has 21 heavy (non-hydrogen) atoms. The van der Waals surface area contributed by atoms with Crippen molar-refractivity contribution in [3.63, 3.8) is 0 Å². The Morgan fingerprint density at radius 1 is 1.00 bits per heavy atom. The summed E-state index contributed by atoms with van der Waals surface area (Å²) < 4.78 is 26.9. The van der Waals surface area contributed by atoms with Crippen molar-refractivity contribution in [1.82, 2.24) is 9.80 Å². The number of carbonyl (C=O) groups excluding carboxylic acids is 2. The molecule has 0 N–H and O–H groups in total. The first-order chi connectivity index (χ1) is 9.99. The van der Waals surface area contributed by atoms with Gasteiger partial charge in [0.05, 0.1) is 0 Å². The minimum absolute atomic E-state index is 0.225. The van der Waals surface area contributed by atoms with Crippen LogP contribution in [0.5, 0.6) is 0 Å². The molecular formula is C15H20F2N2O2. The second-order valence-corrected chi connectivity index (χ2v) is 5.57. The van der Waals surface area contributed by atoms with Gasteiger partial charge in [-0.2, -0.15) is 0 Å². The average molecular weight is 298 g/mol. The fraction of sp³-hybridized carbons (Fsp3) is 0.600. The first-order valence-electron chi connectivity index (χ1n) is 7.29. The minimum atomic E-state index is -1.01. The summed E-state index contributed by atoms with van der Waals surface area (Å²) in [4.78, 5) is 26.2. The standard InChI is InChI=1S/C15H20F2N2O2/c1-11(16)14(20)19-8-4-5-12(10-19)9-13(17)15(21)18-6-2-3-7-18/h9,12H,1-8,10H2/b13-9-. The molecule has 2 amide bonds. The van der Waals surface area contributed by atoms with Gasteiger partial charge < -0.3 is 9.80 Å². The van der Waals surface area contributed by atoms with Gasteiger partial charge in [-0.25, -0.2) is 8.78 Å². The lowest BCUT2D eigenvalue weighted by Gasteiger charge is -2.30. The van der Waals surface area contributed by atoms with Crippen LogP contribution >= 0.6 is 0 Å². The van der Waals surface area contributed by atoms with Gasteiger partial charge in [-0.1, -0.05) is 6.58 Å². The SMILES string of the molecule is C=C(F)C(=O)N1CCCC(/C=C(\F)C(=O)N2CCCC2)C1. The highest BCUT2D eigenvalue weighted by Crippen LogP contribution is 2.22. The Kier molecular flexibility index (Phi) is 5.09. The highest BCUT2D eigenvalue weighted by molar-refractivity contribution is 5.92. The lowest BCUT2D eigenvalue weighted by Crippen LogP contribution is -2.39. The molecule has 0 spiro atoms. The molecule has 2 rings (SSSR count). The van der Waals surface area contributed by atoms with Gasteiger partial charge >= 0.3 is 0 Å². The van der Waals surface area contributed by atoms with E-state index >= 15 is 0 Å². The van der Waals surface area contributed by atoms with Gasteiger partial charge in [-0.15, -0.1) is 0 Å². The van der Waals surface area contributed by atoms with E-state index in [1.807, 2.05) is 0 Å². The molecule has 2 saturated heterocycles. The molecular weight excluding hydrogens is 278 g/mol. The molecule has 0 bridgehead atoms. The average Bonchev–Trinajstić information content (AvgIpc) is 2.99. The number of hydrogen-bond acceptors (Lipinski definition) is 2. The van der Waals surface area contributed by atoms with Gasteiger partial charge in [0, 0.05) is 26.2 Å². The van der Waals surface area contributed by atoms with E-state index in [-0.39, 0.29) is 12.5 Å². The Morgan fingerprint density at radius 2 is 1.62 bits per heavy atom. The minimum Gasteiger partial charge on any atom is -0.337 e. The molecule has 4 nitrogen and oxygen atoms in total. The zero-order chi connectivity index (χ0) is 15.4. The first-order valence-corrected chi connectivity index (χ1v) is 7.29. The number of likely N-dealkylation sites (tertiary alicyclic amines) is 2. The van der Waals surface area contributed by atoms with Gasteiger partial charge in [0.15, 0.2) is 11.7 Å². The van der Waals surface area contributed by atoms with Gasteiger partial charge in [-0.3, -0.25) is 9.59 Å². The number of nitrogens with zero attached hydrogens (tertiary/aromatic N) is 2. The zero-order valence-corrected chi connectivity index (χ0v) is 12.0. The Morgan fingerprint density at radius 3 is 2.24 bits per heavy atom. The van der Waals surface area contributed by atoms with Crippen LogP contribution in [0, 0.1) is 5.92 Å². The molecule has 2 aliphatic rings. The van der Waals surface area contributed by atoms with E-state index in [9.17, 15) is 18.4 Å². The quantitative estimate of drug-likeness (QED) is 0.749. The topological polar surface area (TPSA) is 40.6 Å². The van der Waals surface area contributed by atoms with Crippen molar-refractivity contribution in [1.29, 1.82) is 0 Å². The van der Waals surface area contributed by atoms with Crippen LogP contribution in [0.1, 0.15) is 25.7 Å². The second kappa shape index (κ2) is 6.83. The van der Waals surface area contributed by atoms with E-state index in [0.717, 1.165) is 12.8 Å². The largest absolute Gasteiger partial charge is 0.337 e. The van der Waals surface area contributed by atoms with Crippen molar-refractivity contribution in [3.05, 3.63) is 24.3 Å².